The van der Waals surface area contributed by atoms with Crippen LogP contribution in [0, 0.1) is 17.2 Å². The molecule has 5 rings (SSSR count). The summed E-state index contributed by atoms with van der Waals surface area (Å²) >= 11 is 1.34. The topological polar surface area (TPSA) is 117 Å². The van der Waals surface area contributed by atoms with Gasteiger partial charge in [-0.25, -0.2) is 14.4 Å². The lowest BCUT2D eigenvalue weighted by Gasteiger charge is -2.45. The first kappa shape index (κ1) is 18.8. The molecule has 2 heterocycles. The van der Waals surface area contributed by atoms with E-state index in [0.717, 1.165) is 24.0 Å². The Morgan fingerprint density at radius 3 is 2.97 bits per heavy atom. The number of halogens is 1. The summed E-state index contributed by atoms with van der Waals surface area (Å²) in [5.41, 5.74) is 8.57. The van der Waals surface area contributed by atoms with Crippen molar-refractivity contribution in [1.29, 1.82) is 5.26 Å². The molecule has 3 aliphatic rings. The highest BCUT2D eigenvalue weighted by Crippen LogP contribution is 2.69. The van der Waals surface area contributed by atoms with E-state index in [-0.39, 0.29) is 23.2 Å². The molecular formula is C21H17FN6OS. The minimum atomic E-state index is -0.562. The largest absolute Gasteiger partial charge is 0.378 e. The summed E-state index contributed by atoms with van der Waals surface area (Å²) in [7, 11) is 1.63. The normalized spacial score (nSPS) is 28.5. The van der Waals surface area contributed by atoms with Crippen LogP contribution < -0.4 is 11.1 Å². The Morgan fingerprint density at radius 2 is 2.27 bits per heavy atom. The summed E-state index contributed by atoms with van der Waals surface area (Å²) in [6, 6.07) is 7.57. The van der Waals surface area contributed by atoms with E-state index in [1.54, 1.807) is 7.05 Å². The van der Waals surface area contributed by atoms with E-state index >= 15 is 0 Å². The van der Waals surface area contributed by atoms with Crippen molar-refractivity contribution in [2.24, 2.45) is 16.6 Å². The molecule has 1 saturated carbocycles. The molecule has 7 nitrogen and oxygen atoms in total. The van der Waals surface area contributed by atoms with Crippen molar-refractivity contribution in [1.82, 2.24) is 15.3 Å². The van der Waals surface area contributed by atoms with Crippen molar-refractivity contribution in [2.75, 3.05) is 7.05 Å². The van der Waals surface area contributed by atoms with Crippen molar-refractivity contribution in [3.63, 3.8) is 0 Å². The maximum atomic E-state index is 14.7. The monoisotopic (exact) mass is 420 g/mol. The summed E-state index contributed by atoms with van der Waals surface area (Å²) < 4.78 is 14.1. The Morgan fingerprint density at radius 1 is 1.43 bits per heavy atom. The predicted molar refractivity (Wildman–Crippen MR) is 112 cm³/mol. The Hall–Kier alpha value is -3.25. The third-order valence-electron chi connectivity index (χ3n) is 6.06. The number of nitrogens with one attached hydrogen (secondary N) is 1. The van der Waals surface area contributed by atoms with Crippen LogP contribution in [0.15, 0.2) is 35.6 Å². The van der Waals surface area contributed by atoms with E-state index in [9.17, 15) is 9.18 Å². The molecule has 3 atom stereocenters. The van der Waals surface area contributed by atoms with Crippen LogP contribution in [-0.2, 0) is 16.8 Å². The van der Waals surface area contributed by atoms with E-state index in [1.807, 2.05) is 24.3 Å². The number of aromatic nitrogens is 2. The Labute approximate surface area is 176 Å². The zero-order valence-electron chi connectivity index (χ0n) is 16.0. The maximum Gasteiger partial charge on any atom is 0.236 e. The van der Waals surface area contributed by atoms with Crippen LogP contribution in [-0.4, -0.2) is 32.8 Å². The van der Waals surface area contributed by atoms with Gasteiger partial charge < -0.3 is 11.1 Å². The van der Waals surface area contributed by atoms with E-state index in [1.165, 1.54) is 30.2 Å². The number of aliphatic imine (C=N–C) groups is 1. The molecule has 2 aliphatic carbocycles. The molecular weight excluding hydrogens is 403 g/mol. The molecule has 3 N–H and O–H groups in total. The second-order valence-electron chi connectivity index (χ2n) is 7.69. The van der Waals surface area contributed by atoms with Gasteiger partial charge in [-0.2, -0.15) is 5.26 Å². The minimum absolute atomic E-state index is 0.0235. The summed E-state index contributed by atoms with van der Waals surface area (Å²) in [6.07, 6.45) is 5.29. The number of carbonyl (C=O) groups excluding carboxylic acids is 1. The molecule has 0 bridgehead atoms. The number of nitriles is 1. The number of amidine groups is 1. The van der Waals surface area contributed by atoms with Gasteiger partial charge in [-0.1, -0.05) is 23.9 Å². The van der Waals surface area contributed by atoms with Crippen molar-refractivity contribution >= 4 is 34.7 Å². The van der Waals surface area contributed by atoms with Crippen LogP contribution >= 0.6 is 11.8 Å². The number of fused-ring (bicyclic) bond motifs is 4. The predicted octanol–water partition coefficient (Wildman–Crippen LogP) is 2.13. The van der Waals surface area contributed by atoms with Crippen LogP contribution in [0.4, 0.5) is 4.39 Å². The molecule has 1 fully saturated rings. The Kier molecular flexibility index (Phi) is 3.98. The van der Waals surface area contributed by atoms with Crippen LogP contribution in [0.1, 0.15) is 34.5 Å². The SMILES string of the molecule is CNC(=O)[C@]12C[C@H]1[C@]1(Cc3ccc(/C=C(\F)c4cnc(C#N)cn4)cc31)N=C(N)S2. The molecule has 1 aliphatic heterocycles. The van der Waals surface area contributed by atoms with Crippen LogP contribution in [0.25, 0.3) is 11.9 Å². The number of carbonyl (C=O) groups is 1. The third-order valence-corrected chi connectivity index (χ3v) is 7.36. The maximum absolute atomic E-state index is 14.7. The molecule has 2 aromatic rings. The zero-order chi connectivity index (χ0) is 21.1. The van der Waals surface area contributed by atoms with Gasteiger partial charge in [0.05, 0.1) is 17.9 Å². The van der Waals surface area contributed by atoms with Gasteiger partial charge in [-0.15, -0.1) is 0 Å². The van der Waals surface area contributed by atoms with E-state index in [4.69, 9.17) is 16.0 Å². The molecule has 150 valence electrons. The number of nitrogens with two attached hydrogens (primary N) is 1. The summed E-state index contributed by atoms with van der Waals surface area (Å²) in [5, 5.41) is 12.0. The number of thioether (sulfide) groups is 1. The van der Waals surface area contributed by atoms with Gasteiger partial charge in [-0.05, 0) is 35.3 Å². The first-order valence-corrected chi connectivity index (χ1v) is 10.2. The lowest BCUT2D eigenvalue weighted by atomic mass is 9.66. The second-order valence-corrected chi connectivity index (χ2v) is 9.04. The van der Waals surface area contributed by atoms with E-state index < -0.39 is 16.1 Å². The second kappa shape index (κ2) is 6.37. The zero-order valence-corrected chi connectivity index (χ0v) is 16.8. The number of hydrogen-bond acceptors (Lipinski definition) is 7. The van der Waals surface area contributed by atoms with Gasteiger partial charge in [0.15, 0.2) is 16.7 Å². The number of rotatable bonds is 3. The number of benzene rings is 1. The lowest BCUT2D eigenvalue weighted by molar-refractivity contribution is -0.121. The molecule has 0 saturated heterocycles. The average Bonchev–Trinajstić information content (AvgIpc) is 3.49. The van der Waals surface area contributed by atoms with Gasteiger partial charge in [0, 0.05) is 19.4 Å². The smallest absolute Gasteiger partial charge is 0.236 e. The fraction of sp³-hybridized carbons (Fsp3) is 0.286. The minimum Gasteiger partial charge on any atom is -0.378 e. The highest BCUT2D eigenvalue weighted by Gasteiger charge is 2.73. The van der Waals surface area contributed by atoms with Crippen molar-refractivity contribution in [3.8, 4) is 6.07 Å². The number of hydrogen-bond donors (Lipinski definition) is 2. The average molecular weight is 420 g/mol. The summed E-state index contributed by atoms with van der Waals surface area (Å²) in [6.45, 7) is 0. The molecule has 9 heteroatoms. The lowest BCUT2D eigenvalue weighted by Crippen LogP contribution is -2.49. The van der Waals surface area contributed by atoms with Gasteiger partial charge in [0.1, 0.15) is 16.5 Å². The fourth-order valence-electron chi connectivity index (χ4n) is 4.56. The van der Waals surface area contributed by atoms with Crippen molar-refractivity contribution < 1.29 is 9.18 Å². The molecule has 0 unspecified atom stereocenters. The third kappa shape index (κ3) is 2.57. The highest BCUT2D eigenvalue weighted by molar-refractivity contribution is 8.15. The standard InChI is InChI=1S/C21H17FN6OS/c1-25-18(29)21-7-17(21)20(28-19(24)30-21)6-12-3-2-11(4-14(12)20)5-15(22)16-10-26-13(8-23)9-27-16/h2-5,9-10,17H,6-7H2,1H3,(H2,24,28)(H,25,29)/b15-5-/t17-,20+,21-/m0/s1. The fourth-order valence-corrected chi connectivity index (χ4v) is 5.93. The molecule has 1 aromatic carbocycles. The van der Waals surface area contributed by atoms with E-state index in [2.05, 4.69) is 15.3 Å². The van der Waals surface area contributed by atoms with Crippen LogP contribution in [0.2, 0.25) is 0 Å². The summed E-state index contributed by atoms with van der Waals surface area (Å²) in [4.78, 5) is 25.0. The van der Waals surface area contributed by atoms with Gasteiger partial charge in [0.2, 0.25) is 5.91 Å². The Bertz CT molecular complexity index is 1190. The first-order valence-electron chi connectivity index (χ1n) is 9.41. The van der Waals surface area contributed by atoms with Crippen LogP contribution in [0.3, 0.4) is 0 Å². The van der Waals surface area contributed by atoms with E-state index in [0.29, 0.717) is 10.7 Å². The van der Waals surface area contributed by atoms with Crippen molar-refractivity contribution in [2.45, 2.75) is 23.1 Å². The van der Waals surface area contributed by atoms with Gasteiger partial charge in [-0.3, -0.25) is 9.79 Å². The van der Waals surface area contributed by atoms with Gasteiger partial charge >= 0.3 is 0 Å². The first-order chi connectivity index (χ1) is 14.4. The quantitative estimate of drug-likeness (QED) is 0.786. The number of nitrogens with zero attached hydrogens (tertiary/aromatic N) is 4. The molecule has 0 radical (unpaired) electrons. The van der Waals surface area contributed by atoms with Gasteiger partial charge in [0.25, 0.3) is 0 Å². The molecule has 30 heavy (non-hydrogen) atoms. The van der Waals surface area contributed by atoms with Crippen molar-refractivity contribution in [3.05, 3.63) is 58.7 Å². The molecule has 1 amide bonds. The molecule has 1 spiro atoms. The molecule has 1 aromatic heterocycles. The Balaban J connectivity index is 1.49. The highest BCUT2D eigenvalue weighted by atomic mass is 32.2. The number of amides is 1. The van der Waals surface area contributed by atoms with Crippen LogP contribution in [0.5, 0.6) is 0 Å². The summed E-state index contributed by atoms with van der Waals surface area (Å²) in [5.74, 6) is -0.499.